The molecule has 2 aromatic rings. The molecule has 2 atom stereocenters. The molecule has 0 fully saturated rings. The number of carbonyl (C=O) groups is 1. The molecule has 0 aliphatic rings. The number of hydrogen-bond donors (Lipinski definition) is 1. The number of carbonyl (C=O) groups excluding carboxylic acids is 1. The van der Waals surface area contributed by atoms with Gasteiger partial charge in [-0.05, 0) is 42.5 Å². The Labute approximate surface area is 137 Å². The first-order valence-corrected chi connectivity index (χ1v) is 8.21. The Morgan fingerprint density at radius 3 is 2.61 bits per heavy atom. The molecule has 1 aromatic carbocycles. The van der Waals surface area contributed by atoms with Crippen molar-refractivity contribution in [1.82, 2.24) is 5.32 Å². The van der Waals surface area contributed by atoms with Gasteiger partial charge in [-0.25, -0.2) is 0 Å². The Morgan fingerprint density at radius 1 is 1.17 bits per heavy atom. The maximum Gasteiger partial charge on any atom is 0.261 e. The van der Waals surface area contributed by atoms with Gasteiger partial charge >= 0.3 is 0 Å². The Balaban J connectivity index is 2.02. The van der Waals surface area contributed by atoms with Crippen LogP contribution in [0.25, 0.3) is 0 Å². The van der Waals surface area contributed by atoms with Crippen molar-refractivity contribution >= 4 is 5.91 Å². The molecule has 0 bridgehead atoms. The first-order valence-electron chi connectivity index (χ1n) is 8.21. The van der Waals surface area contributed by atoms with E-state index in [9.17, 15) is 4.79 Å². The Morgan fingerprint density at radius 2 is 1.96 bits per heavy atom. The third-order valence-electron chi connectivity index (χ3n) is 4.01. The Hall–Kier alpha value is -2.23. The van der Waals surface area contributed by atoms with Gasteiger partial charge in [0.05, 0.1) is 12.8 Å². The zero-order chi connectivity index (χ0) is 16.7. The number of hydrogen-bond acceptors (Lipinski definition) is 3. The van der Waals surface area contributed by atoms with E-state index < -0.39 is 6.10 Å². The third-order valence-corrected chi connectivity index (χ3v) is 4.01. The molecule has 0 spiro atoms. The van der Waals surface area contributed by atoms with E-state index in [1.165, 1.54) is 0 Å². The van der Waals surface area contributed by atoms with Crippen LogP contribution >= 0.6 is 0 Å². The van der Waals surface area contributed by atoms with E-state index in [0.717, 1.165) is 23.5 Å². The third kappa shape index (κ3) is 4.62. The molecule has 1 amide bonds. The topological polar surface area (TPSA) is 51.5 Å². The molecule has 0 saturated carbocycles. The zero-order valence-electron chi connectivity index (χ0n) is 14.0. The number of nitrogens with one attached hydrogen (secondary N) is 1. The standard InChI is InChI=1S/C19H25NO3/c1-4-14(3)16-10-6-7-11-18(16)23-17(5-2)19(21)20-13-15-9-8-12-22-15/h6-12,14,17H,4-5,13H2,1-3H3,(H,20,21). The van der Waals surface area contributed by atoms with Crippen LogP contribution in [-0.2, 0) is 11.3 Å². The van der Waals surface area contributed by atoms with Crippen LogP contribution in [0.1, 0.15) is 50.9 Å². The number of furan rings is 1. The van der Waals surface area contributed by atoms with Gasteiger partial charge in [0.25, 0.3) is 5.91 Å². The highest BCUT2D eigenvalue weighted by atomic mass is 16.5. The minimum absolute atomic E-state index is 0.122. The van der Waals surface area contributed by atoms with Crippen molar-refractivity contribution in [2.45, 2.75) is 52.2 Å². The number of para-hydroxylation sites is 1. The summed E-state index contributed by atoms with van der Waals surface area (Å²) in [5, 5.41) is 2.86. The van der Waals surface area contributed by atoms with Crippen molar-refractivity contribution in [3.63, 3.8) is 0 Å². The van der Waals surface area contributed by atoms with Gasteiger partial charge in [-0.3, -0.25) is 4.79 Å². The second-order valence-electron chi connectivity index (χ2n) is 5.66. The monoisotopic (exact) mass is 315 g/mol. The lowest BCUT2D eigenvalue weighted by atomic mass is 9.98. The van der Waals surface area contributed by atoms with Crippen molar-refractivity contribution < 1.29 is 13.9 Å². The van der Waals surface area contributed by atoms with Crippen molar-refractivity contribution in [2.75, 3.05) is 0 Å². The van der Waals surface area contributed by atoms with E-state index >= 15 is 0 Å². The molecule has 1 N–H and O–H groups in total. The number of rotatable bonds is 8. The molecule has 2 unspecified atom stereocenters. The smallest absolute Gasteiger partial charge is 0.261 e. The minimum Gasteiger partial charge on any atom is -0.480 e. The molecule has 4 heteroatoms. The highest BCUT2D eigenvalue weighted by Gasteiger charge is 2.20. The fourth-order valence-electron chi connectivity index (χ4n) is 2.39. The lowest BCUT2D eigenvalue weighted by Gasteiger charge is -2.21. The Kier molecular flexibility index (Phi) is 6.27. The molecular weight excluding hydrogens is 290 g/mol. The SMILES string of the molecule is CCC(Oc1ccccc1C(C)CC)C(=O)NCc1ccco1. The van der Waals surface area contributed by atoms with Gasteiger partial charge in [0.15, 0.2) is 6.10 Å². The molecule has 124 valence electrons. The van der Waals surface area contributed by atoms with E-state index in [4.69, 9.17) is 9.15 Å². The summed E-state index contributed by atoms with van der Waals surface area (Å²) in [7, 11) is 0. The predicted molar refractivity (Wildman–Crippen MR) is 90.4 cm³/mol. The summed E-state index contributed by atoms with van der Waals surface area (Å²) in [6.07, 6.45) is 2.73. The van der Waals surface area contributed by atoms with Gasteiger partial charge in [-0.1, -0.05) is 39.0 Å². The van der Waals surface area contributed by atoms with Gasteiger partial charge in [0.2, 0.25) is 0 Å². The van der Waals surface area contributed by atoms with Gasteiger partial charge in [0.1, 0.15) is 11.5 Å². The summed E-state index contributed by atoms with van der Waals surface area (Å²) in [6, 6.07) is 11.6. The molecule has 0 radical (unpaired) electrons. The van der Waals surface area contributed by atoms with Crippen LogP contribution in [0.2, 0.25) is 0 Å². The molecule has 4 nitrogen and oxygen atoms in total. The lowest BCUT2D eigenvalue weighted by molar-refractivity contribution is -0.128. The van der Waals surface area contributed by atoms with E-state index in [2.05, 4.69) is 25.2 Å². The molecular formula is C19H25NO3. The fourth-order valence-corrected chi connectivity index (χ4v) is 2.39. The summed E-state index contributed by atoms with van der Waals surface area (Å²) < 4.78 is 11.2. The average molecular weight is 315 g/mol. The van der Waals surface area contributed by atoms with Crippen LogP contribution in [0.5, 0.6) is 5.75 Å². The van der Waals surface area contributed by atoms with Crippen molar-refractivity contribution in [3.8, 4) is 5.75 Å². The molecule has 0 aliphatic heterocycles. The van der Waals surface area contributed by atoms with Crippen LogP contribution in [-0.4, -0.2) is 12.0 Å². The first-order chi connectivity index (χ1) is 11.2. The number of ether oxygens (including phenoxy) is 1. The molecule has 1 heterocycles. The molecule has 0 saturated heterocycles. The van der Waals surface area contributed by atoms with Crippen molar-refractivity contribution in [3.05, 3.63) is 54.0 Å². The predicted octanol–water partition coefficient (Wildman–Crippen LogP) is 4.27. The second-order valence-corrected chi connectivity index (χ2v) is 5.66. The minimum atomic E-state index is -0.504. The van der Waals surface area contributed by atoms with Gasteiger partial charge in [-0.15, -0.1) is 0 Å². The number of amides is 1. The zero-order valence-corrected chi connectivity index (χ0v) is 14.0. The molecule has 1 aromatic heterocycles. The lowest BCUT2D eigenvalue weighted by Crippen LogP contribution is -2.37. The van der Waals surface area contributed by atoms with Crippen molar-refractivity contribution in [2.24, 2.45) is 0 Å². The normalized spacial score (nSPS) is 13.3. The van der Waals surface area contributed by atoms with Crippen LogP contribution < -0.4 is 10.1 Å². The van der Waals surface area contributed by atoms with Crippen molar-refractivity contribution in [1.29, 1.82) is 0 Å². The molecule has 23 heavy (non-hydrogen) atoms. The summed E-state index contributed by atoms with van der Waals surface area (Å²) in [6.45, 7) is 6.64. The highest BCUT2D eigenvalue weighted by Crippen LogP contribution is 2.29. The summed E-state index contributed by atoms with van der Waals surface area (Å²) in [5.41, 5.74) is 1.15. The van der Waals surface area contributed by atoms with Crippen LogP contribution in [0, 0.1) is 0 Å². The van der Waals surface area contributed by atoms with Crippen LogP contribution in [0.4, 0.5) is 0 Å². The summed E-state index contributed by atoms with van der Waals surface area (Å²) >= 11 is 0. The van der Waals surface area contributed by atoms with E-state index in [0.29, 0.717) is 18.9 Å². The fraction of sp³-hybridized carbons (Fsp3) is 0.421. The second kappa shape index (κ2) is 8.42. The molecule has 2 rings (SSSR count). The highest BCUT2D eigenvalue weighted by molar-refractivity contribution is 5.81. The van der Waals surface area contributed by atoms with E-state index in [-0.39, 0.29) is 5.91 Å². The summed E-state index contributed by atoms with van der Waals surface area (Å²) in [4.78, 5) is 12.3. The van der Waals surface area contributed by atoms with Gasteiger partial charge < -0.3 is 14.5 Å². The van der Waals surface area contributed by atoms with Gasteiger partial charge in [-0.2, -0.15) is 0 Å². The van der Waals surface area contributed by atoms with E-state index in [1.54, 1.807) is 12.3 Å². The molecule has 0 aliphatic carbocycles. The van der Waals surface area contributed by atoms with Crippen LogP contribution in [0.3, 0.4) is 0 Å². The largest absolute Gasteiger partial charge is 0.480 e. The maximum absolute atomic E-state index is 12.3. The van der Waals surface area contributed by atoms with Crippen LogP contribution in [0.15, 0.2) is 47.1 Å². The average Bonchev–Trinajstić information content (AvgIpc) is 3.10. The quantitative estimate of drug-likeness (QED) is 0.791. The maximum atomic E-state index is 12.3. The first kappa shape index (κ1) is 17.1. The number of benzene rings is 1. The van der Waals surface area contributed by atoms with E-state index in [1.807, 2.05) is 31.2 Å². The Bertz CT molecular complexity index is 607. The summed E-state index contributed by atoms with van der Waals surface area (Å²) in [5.74, 6) is 1.80. The van der Waals surface area contributed by atoms with Gasteiger partial charge in [0, 0.05) is 0 Å².